The van der Waals surface area contributed by atoms with E-state index in [0.29, 0.717) is 22.4 Å². The molecule has 0 aliphatic heterocycles. The predicted molar refractivity (Wildman–Crippen MR) is 50.2 cm³/mol. The highest BCUT2D eigenvalue weighted by Gasteiger charge is 2.05. The lowest BCUT2D eigenvalue weighted by atomic mass is 10.1. The lowest BCUT2D eigenvalue weighted by Crippen LogP contribution is -2.17. The molecule has 0 saturated heterocycles. The molecule has 1 N–H and O–H groups in total. The molecule has 0 aromatic heterocycles. The number of benzene rings is 1. The van der Waals surface area contributed by atoms with Gasteiger partial charge in [-0.3, -0.25) is 9.59 Å². The van der Waals surface area contributed by atoms with Crippen molar-refractivity contribution in [2.75, 3.05) is 7.05 Å². The number of rotatable bonds is 2. The first-order valence-electron chi connectivity index (χ1n) is 3.66. The van der Waals surface area contributed by atoms with Crippen molar-refractivity contribution >= 4 is 23.8 Å². The Morgan fingerprint density at radius 1 is 1.54 bits per heavy atom. The highest BCUT2D eigenvalue weighted by Crippen LogP contribution is 2.15. The summed E-state index contributed by atoms with van der Waals surface area (Å²) in [5, 5.41) is 2.80. The van der Waals surface area contributed by atoms with Gasteiger partial charge in [0.1, 0.15) is 0 Å². The van der Waals surface area contributed by atoms with Crippen molar-refractivity contribution in [3.8, 4) is 0 Å². The van der Waals surface area contributed by atoms with Crippen molar-refractivity contribution in [3.05, 3.63) is 34.3 Å². The highest BCUT2D eigenvalue weighted by molar-refractivity contribution is 6.33. The van der Waals surface area contributed by atoms with Gasteiger partial charge in [0, 0.05) is 18.2 Å². The normalized spacial score (nSPS) is 9.38. The Morgan fingerprint density at radius 2 is 2.23 bits per heavy atom. The van der Waals surface area contributed by atoms with Crippen molar-refractivity contribution in [1.29, 1.82) is 0 Å². The molecule has 0 saturated carbocycles. The monoisotopic (exact) mass is 197 g/mol. The van der Waals surface area contributed by atoms with Gasteiger partial charge in [-0.15, -0.1) is 0 Å². The third kappa shape index (κ3) is 2.06. The summed E-state index contributed by atoms with van der Waals surface area (Å²) in [7, 11) is 1.53. The molecule has 0 bridgehead atoms. The van der Waals surface area contributed by atoms with E-state index >= 15 is 0 Å². The van der Waals surface area contributed by atoms with Crippen LogP contribution in [0.5, 0.6) is 0 Å². The average molecular weight is 198 g/mol. The van der Waals surface area contributed by atoms with Crippen molar-refractivity contribution < 1.29 is 9.59 Å². The van der Waals surface area contributed by atoms with E-state index in [4.69, 9.17) is 11.6 Å². The van der Waals surface area contributed by atoms with Crippen molar-refractivity contribution in [3.63, 3.8) is 0 Å². The molecule has 3 nitrogen and oxygen atoms in total. The Hall–Kier alpha value is -1.35. The molecule has 13 heavy (non-hydrogen) atoms. The number of carbonyl (C=O) groups is 2. The quantitative estimate of drug-likeness (QED) is 0.731. The second-order valence-electron chi connectivity index (χ2n) is 2.43. The molecular formula is C9H8ClNO2. The Bertz CT molecular complexity index is 349. The summed E-state index contributed by atoms with van der Waals surface area (Å²) in [5.41, 5.74) is 0.747. The number of amides is 1. The molecule has 0 atom stereocenters. The van der Waals surface area contributed by atoms with Crippen LogP contribution in [0.25, 0.3) is 0 Å². The number of hydrogen-bond donors (Lipinski definition) is 1. The standard InChI is InChI=1S/C9H8ClNO2/c1-11-9(13)6-2-3-8(10)7(4-6)5-12/h2-5H,1H3,(H,11,13). The minimum Gasteiger partial charge on any atom is -0.355 e. The zero-order valence-corrected chi connectivity index (χ0v) is 7.76. The largest absolute Gasteiger partial charge is 0.355 e. The van der Waals surface area contributed by atoms with Gasteiger partial charge in [0.25, 0.3) is 5.91 Å². The maximum Gasteiger partial charge on any atom is 0.251 e. The second-order valence-corrected chi connectivity index (χ2v) is 2.84. The Kier molecular flexibility index (Phi) is 3.03. The van der Waals surface area contributed by atoms with Crippen LogP contribution >= 0.6 is 11.6 Å². The van der Waals surface area contributed by atoms with Gasteiger partial charge in [-0.25, -0.2) is 0 Å². The van der Waals surface area contributed by atoms with Gasteiger partial charge < -0.3 is 5.32 Å². The van der Waals surface area contributed by atoms with Crippen molar-refractivity contribution in [2.45, 2.75) is 0 Å². The number of hydrogen-bond acceptors (Lipinski definition) is 2. The third-order valence-electron chi connectivity index (χ3n) is 1.61. The van der Waals surface area contributed by atoms with E-state index < -0.39 is 0 Å². The molecule has 0 fully saturated rings. The van der Waals surface area contributed by atoms with Crippen molar-refractivity contribution in [1.82, 2.24) is 5.32 Å². The van der Waals surface area contributed by atoms with Crippen LogP contribution in [0.2, 0.25) is 5.02 Å². The molecular weight excluding hydrogens is 190 g/mol. The fourth-order valence-corrected chi connectivity index (χ4v) is 1.08. The van der Waals surface area contributed by atoms with Crippen LogP contribution in [-0.4, -0.2) is 19.2 Å². The average Bonchev–Trinajstić information content (AvgIpc) is 2.17. The lowest BCUT2D eigenvalue weighted by molar-refractivity contribution is 0.0963. The smallest absolute Gasteiger partial charge is 0.251 e. The van der Waals surface area contributed by atoms with Gasteiger partial charge in [-0.05, 0) is 18.2 Å². The van der Waals surface area contributed by atoms with Crippen LogP contribution in [0.1, 0.15) is 20.7 Å². The van der Waals surface area contributed by atoms with Gasteiger partial charge >= 0.3 is 0 Å². The summed E-state index contributed by atoms with van der Waals surface area (Å²) in [4.78, 5) is 21.6. The third-order valence-corrected chi connectivity index (χ3v) is 1.96. The number of aldehydes is 1. The van der Waals surface area contributed by atoms with E-state index in [1.54, 1.807) is 6.07 Å². The molecule has 0 radical (unpaired) electrons. The molecule has 68 valence electrons. The SMILES string of the molecule is CNC(=O)c1ccc(Cl)c(C=O)c1. The molecule has 1 aromatic carbocycles. The fraction of sp³-hybridized carbons (Fsp3) is 0.111. The first kappa shape index (κ1) is 9.74. The fourth-order valence-electron chi connectivity index (χ4n) is 0.920. The summed E-state index contributed by atoms with van der Waals surface area (Å²) in [5.74, 6) is -0.236. The molecule has 0 spiro atoms. The van der Waals surface area contributed by atoms with Gasteiger partial charge in [0.05, 0.1) is 5.02 Å². The molecule has 4 heteroatoms. The van der Waals surface area contributed by atoms with E-state index in [1.807, 2.05) is 0 Å². The number of halogens is 1. The lowest BCUT2D eigenvalue weighted by Gasteiger charge is -2.01. The van der Waals surface area contributed by atoms with Crippen LogP contribution in [0.15, 0.2) is 18.2 Å². The maximum absolute atomic E-state index is 11.1. The molecule has 1 aromatic rings. The molecule has 0 aliphatic rings. The van der Waals surface area contributed by atoms with Crippen LogP contribution in [0, 0.1) is 0 Å². The van der Waals surface area contributed by atoms with E-state index in [1.165, 1.54) is 19.2 Å². The minimum absolute atomic E-state index is 0.236. The summed E-state index contributed by atoms with van der Waals surface area (Å²) in [6.45, 7) is 0. The zero-order chi connectivity index (χ0) is 9.84. The van der Waals surface area contributed by atoms with Gasteiger partial charge in [0.15, 0.2) is 6.29 Å². The summed E-state index contributed by atoms with van der Waals surface area (Å²) in [6.07, 6.45) is 0.620. The highest BCUT2D eigenvalue weighted by atomic mass is 35.5. The Morgan fingerprint density at radius 3 is 2.77 bits per heavy atom. The van der Waals surface area contributed by atoms with E-state index in [-0.39, 0.29) is 5.91 Å². The second kappa shape index (κ2) is 4.05. The predicted octanol–water partition coefficient (Wildman–Crippen LogP) is 1.51. The van der Waals surface area contributed by atoms with Crippen LogP contribution in [0.3, 0.4) is 0 Å². The molecule has 0 aliphatic carbocycles. The minimum atomic E-state index is -0.236. The van der Waals surface area contributed by atoms with Gasteiger partial charge in [-0.2, -0.15) is 0 Å². The van der Waals surface area contributed by atoms with Crippen LogP contribution in [0.4, 0.5) is 0 Å². The van der Waals surface area contributed by atoms with Crippen molar-refractivity contribution in [2.24, 2.45) is 0 Å². The van der Waals surface area contributed by atoms with Crippen LogP contribution < -0.4 is 5.32 Å². The first-order chi connectivity index (χ1) is 6.19. The zero-order valence-electron chi connectivity index (χ0n) is 7.00. The van der Waals surface area contributed by atoms with Gasteiger partial charge in [-0.1, -0.05) is 11.6 Å². The first-order valence-corrected chi connectivity index (χ1v) is 4.03. The summed E-state index contributed by atoms with van der Waals surface area (Å²) < 4.78 is 0. The summed E-state index contributed by atoms with van der Waals surface area (Å²) in [6, 6.07) is 4.54. The van der Waals surface area contributed by atoms with E-state index in [0.717, 1.165) is 0 Å². The van der Waals surface area contributed by atoms with Crippen LogP contribution in [-0.2, 0) is 0 Å². The maximum atomic E-state index is 11.1. The Labute approximate surface area is 80.7 Å². The topological polar surface area (TPSA) is 46.2 Å². The molecule has 0 heterocycles. The molecule has 1 rings (SSSR count). The summed E-state index contributed by atoms with van der Waals surface area (Å²) >= 11 is 5.68. The number of nitrogens with one attached hydrogen (secondary N) is 1. The van der Waals surface area contributed by atoms with Gasteiger partial charge in [0.2, 0.25) is 0 Å². The van der Waals surface area contributed by atoms with E-state index in [2.05, 4.69) is 5.32 Å². The molecule has 1 amide bonds. The molecule has 0 unspecified atom stereocenters. The number of carbonyl (C=O) groups excluding carboxylic acids is 2. The Balaban J connectivity index is 3.13. The van der Waals surface area contributed by atoms with E-state index in [9.17, 15) is 9.59 Å².